The van der Waals surface area contributed by atoms with Gasteiger partial charge in [-0.3, -0.25) is 9.10 Å². The van der Waals surface area contributed by atoms with Crippen LogP contribution in [0.5, 0.6) is 0 Å². The molecule has 2 aromatic rings. The summed E-state index contributed by atoms with van der Waals surface area (Å²) in [6.45, 7) is 6.13. The minimum atomic E-state index is -3.38. The number of rotatable bonds is 6. The number of hydrogen-bond acceptors (Lipinski definition) is 3. The lowest BCUT2D eigenvalue weighted by molar-refractivity contribution is 0.0935. The summed E-state index contributed by atoms with van der Waals surface area (Å²) in [5.41, 5.74) is 4.35. The Morgan fingerprint density at radius 1 is 1.12 bits per heavy atom. The smallest absolute Gasteiger partial charge is 0.251 e. The monoisotopic (exact) mass is 374 g/mol. The first-order valence-electron chi connectivity index (χ1n) is 8.55. The molecule has 2 rings (SSSR count). The van der Waals surface area contributed by atoms with E-state index in [-0.39, 0.29) is 11.9 Å². The maximum Gasteiger partial charge on any atom is 0.251 e. The van der Waals surface area contributed by atoms with Crippen molar-refractivity contribution in [3.63, 3.8) is 0 Å². The number of aryl methyl sites for hydroxylation is 2. The molecule has 0 fully saturated rings. The highest BCUT2D eigenvalue weighted by Gasteiger charge is 2.17. The van der Waals surface area contributed by atoms with E-state index in [1.54, 1.807) is 24.3 Å². The molecule has 1 amide bonds. The lowest BCUT2D eigenvalue weighted by atomic mass is 9.99. The van der Waals surface area contributed by atoms with Gasteiger partial charge < -0.3 is 5.32 Å². The van der Waals surface area contributed by atoms with E-state index in [0.29, 0.717) is 11.3 Å². The number of benzene rings is 2. The second-order valence-electron chi connectivity index (χ2n) is 6.56. The molecule has 0 spiro atoms. The number of amides is 1. The van der Waals surface area contributed by atoms with Gasteiger partial charge in [-0.25, -0.2) is 8.42 Å². The first kappa shape index (κ1) is 20.0. The molecule has 2 aromatic carbocycles. The molecule has 1 N–H and O–H groups in total. The van der Waals surface area contributed by atoms with Crippen molar-refractivity contribution in [1.82, 2.24) is 5.32 Å². The van der Waals surface area contributed by atoms with E-state index in [1.165, 1.54) is 18.2 Å². The van der Waals surface area contributed by atoms with Gasteiger partial charge in [-0.05, 0) is 55.2 Å². The molecule has 0 heterocycles. The SMILES string of the molecule is CCC(NC(=O)c1cccc(N(C)S(C)(=O)=O)c1)c1ccc(C)c(C)c1. The number of sulfonamides is 1. The first-order chi connectivity index (χ1) is 12.1. The molecule has 0 aliphatic carbocycles. The van der Waals surface area contributed by atoms with E-state index in [0.717, 1.165) is 22.5 Å². The predicted molar refractivity (Wildman–Crippen MR) is 106 cm³/mol. The number of carbonyl (C=O) groups excluding carboxylic acids is 1. The van der Waals surface area contributed by atoms with Gasteiger partial charge in [0.15, 0.2) is 0 Å². The molecule has 0 saturated carbocycles. The molecule has 0 aliphatic rings. The second kappa shape index (κ2) is 7.91. The molecule has 1 atom stereocenters. The maximum absolute atomic E-state index is 12.7. The summed E-state index contributed by atoms with van der Waals surface area (Å²) < 4.78 is 24.6. The Morgan fingerprint density at radius 2 is 1.81 bits per heavy atom. The Kier molecular flexibility index (Phi) is 6.08. The summed E-state index contributed by atoms with van der Waals surface area (Å²) in [6, 6.07) is 12.7. The zero-order valence-electron chi connectivity index (χ0n) is 15.9. The topological polar surface area (TPSA) is 66.5 Å². The van der Waals surface area contributed by atoms with Crippen LogP contribution in [0.3, 0.4) is 0 Å². The van der Waals surface area contributed by atoms with Crippen molar-refractivity contribution in [1.29, 1.82) is 0 Å². The largest absolute Gasteiger partial charge is 0.345 e. The molecule has 0 radical (unpaired) electrons. The van der Waals surface area contributed by atoms with Crippen molar-refractivity contribution in [2.75, 3.05) is 17.6 Å². The molecule has 6 heteroatoms. The van der Waals surface area contributed by atoms with E-state index >= 15 is 0 Å². The van der Waals surface area contributed by atoms with Gasteiger partial charge in [0.25, 0.3) is 5.91 Å². The van der Waals surface area contributed by atoms with Crippen LogP contribution in [0.15, 0.2) is 42.5 Å². The molecular weight excluding hydrogens is 348 g/mol. The van der Waals surface area contributed by atoms with Crippen LogP contribution in [0.4, 0.5) is 5.69 Å². The quantitative estimate of drug-likeness (QED) is 0.840. The Balaban J connectivity index is 2.24. The van der Waals surface area contributed by atoms with Crippen molar-refractivity contribution >= 4 is 21.6 Å². The summed E-state index contributed by atoms with van der Waals surface area (Å²) in [5, 5.41) is 3.04. The lowest BCUT2D eigenvalue weighted by Crippen LogP contribution is -2.29. The second-order valence-corrected chi connectivity index (χ2v) is 8.57. The highest BCUT2D eigenvalue weighted by Crippen LogP contribution is 2.22. The van der Waals surface area contributed by atoms with Crippen LogP contribution >= 0.6 is 0 Å². The summed E-state index contributed by atoms with van der Waals surface area (Å²) in [4.78, 5) is 12.7. The zero-order chi connectivity index (χ0) is 19.5. The third-order valence-electron chi connectivity index (χ3n) is 4.62. The lowest BCUT2D eigenvalue weighted by Gasteiger charge is -2.20. The third kappa shape index (κ3) is 4.64. The minimum Gasteiger partial charge on any atom is -0.345 e. The highest BCUT2D eigenvalue weighted by molar-refractivity contribution is 7.92. The first-order valence-corrected chi connectivity index (χ1v) is 10.4. The Labute approximate surface area is 156 Å². The normalized spacial score (nSPS) is 12.5. The zero-order valence-corrected chi connectivity index (χ0v) is 16.7. The van der Waals surface area contributed by atoms with Gasteiger partial charge in [0.2, 0.25) is 10.0 Å². The van der Waals surface area contributed by atoms with E-state index in [9.17, 15) is 13.2 Å². The minimum absolute atomic E-state index is 0.0990. The summed E-state index contributed by atoms with van der Waals surface area (Å²) in [6.07, 6.45) is 1.89. The van der Waals surface area contributed by atoms with Crippen molar-refractivity contribution < 1.29 is 13.2 Å². The number of hydrogen-bond donors (Lipinski definition) is 1. The standard InChI is InChI=1S/C20H26N2O3S/c1-6-19(16-11-10-14(2)15(3)12-16)21-20(23)17-8-7-9-18(13-17)22(4)26(5,24)25/h7-13,19H,6H2,1-5H3,(H,21,23). The van der Waals surface area contributed by atoms with Gasteiger partial charge in [0, 0.05) is 12.6 Å². The number of anilines is 1. The number of nitrogens with zero attached hydrogens (tertiary/aromatic N) is 1. The Morgan fingerprint density at radius 3 is 2.38 bits per heavy atom. The van der Waals surface area contributed by atoms with Crippen LogP contribution < -0.4 is 9.62 Å². The van der Waals surface area contributed by atoms with Gasteiger partial charge >= 0.3 is 0 Å². The molecule has 0 aliphatic heterocycles. The summed E-state index contributed by atoms with van der Waals surface area (Å²) in [5.74, 6) is -0.223. The average molecular weight is 375 g/mol. The summed E-state index contributed by atoms with van der Waals surface area (Å²) >= 11 is 0. The van der Waals surface area contributed by atoms with Crippen molar-refractivity contribution in [2.24, 2.45) is 0 Å². The molecule has 1 unspecified atom stereocenters. The Hall–Kier alpha value is -2.34. The van der Waals surface area contributed by atoms with E-state index in [1.807, 2.05) is 13.0 Å². The van der Waals surface area contributed by atoms with Gasteiger partial charge in [-0.15, -0.1) is 0 Å². The predicted octanol–water partition coefficient (Wildman–Crippen LogP) is 3.58. The van der Waals surface area contributed by atoms with Gasteiger partial charge in [0.1, 0.15) is 0 Å². The van der Waals surface area contributed by atoms with E-state index in [2.05, 4.69) is 31.3 Å². The molecule has 0 saturated heterocycles. The maximum atomic E-state index is 12.7. The molecular formula is C20H26N2O3S. The molecule has 140 valence electrons. The Bertz CT molecular complexity index is 907. The van der Waals surface area contributed by atoms with Crippen molar-refractivity contribution in [3.8, 4) is 0 Å². The van der Waals surface area contributed by atoms with Gasteiger partial charge in [0.05, 0.1) is 18.0 Å². The fourth-order valence-corrected chi connectivity index (χ4v) is 3.18. The van der Waals surface area contributed by atoms with Crippen LogP contribution in [-0.2, 0) is 10.0 Å². The van der Waals surface area contributed by atoms with Gasteiger partial charge in [-0.2, -0.15) is 0 Å². The highest BCUT2D eigenvalue weighted by atomic mass is 32.2. The average Bonchev–Trinajstić information content (AvgIpc) is 2.60. The van der Waals surface area contributed by atoms with E-state index in [4.69, 9.17) is 0 Å². The molecule has 26 heavy (non-hydrogen) atoms. The van der Waals surface area contributed by atoms with Crippen LogP contribution in [-0.4, -0.2) is 27.6 Å². The fraction of sp³-hybridized carbons (Fsp3) is 0.350. The van der Waals surface area contributed by atoms with Crippen LogP contribution in [0, 0.1) is 13.8 Å². The third-order valence-corrected chi connectivity index (χ3v) is 5.82. The molecule has 5 nitrogen and oxygen atoms in total. The fourth-order valence-electron chi connectivity index (χ4n) is 2.68. The van der Waals surface area contributed by atoms with Crippen molar-refractivity contribution in [3.05, 3.63) is 64.7 Å². The number of nitrogens with one attached hydrogen (secondary N) is 1. The van der Waals surface area contributed by atoms with Crippen LogP contribution in [0.1, 0.15) is 46.4 Å². The number of carbonyl (C=O) groups is 1. The molecule has 0 bridgehead atoms. The van der Waals surface area contributed by atoms with E-state index < -0.39 is 10.0 Å². The summed E-state index contributed by atoms with van der Waals surface area (Å²) in [7, 11) is -1.91. The van der Waals surface area contributed by atoms with Crippen molar-refractivity contribution in [2.45, 2.75) is 33.2 Å². The molecule has 0 aromatic heterocycles. The van der Waals surface area contributed by atoms with Gasteiger partial charge in [-0.1, -0.05) is 31.2 Å². The van der Waals surface area contributed by atoms with Crippen LogP contribution in [0.2, 0.25) is 0 Å². The van der Waals surface area contributed by atoms with Crippen LogP contribution in [0.25, 0.3) is 0 Å².